The third kappa shape index (κ3) is 5.26. The van der Waals surface area contributed by atoms with Crippen LogP contribution in [0.5, 0.6) is 0 Å². The largest absolute Gasteiger partial charge is 0.355 e. The molecule has 1 aliphatic heterocycles. The van der Waals surface area contributed by atoms with E-state index in [-0.39, 0.29) is 17.5 Å². The van der Waals surface area contributed by atoms with Crippen molar-refractivity contribution in [2.45, 2.75) is 12.7 Å². The lowest BCUT2D eigenvalue weighted by atomic mass is 10.2. The normalized spacial score (nSPS) is 17.1. The molecule has 1 fully saturated rings. The third-order valence-corrected chi connectivity index (χ3v) is 5.58. The molecule has 0 aliphatic carbocycles. The fraction of sp³-hybridized carbons (Fsp3) is 0.533. The van der Waals surface area contributed by atoms with E-state index < -0.39 is 10.0 Å². The van der Waals surface area contributed by atoms with Gasteiger partial charge in [0, 0.05) is 32.7 Å². The number of sulfonamides is 1. The topological polar surface area (TPSA) is 69.7 Å². The molecule has 1 N–H and O–H groups in total. The van der Waals surface area contributed by atoms with Crippen molar-refractivity contribution in [2.24, 2.45) is 0 Å². The minimum atomic E-state index is -3.43. The van der Waals surface area contributed by atoms with Crippen molar-refractivity contribution in [3.8, 4) is 0 Å². The molecule has 1 aromatic rings. The number of halogens is 1. The minimum Gasteiger partial charge on any atom is -0.355 e. The van der Waals surface area contributed by atoms with Crippen molar-refractivity contribution in [1.82, 2.24) is 14.5 Å². The second-order valence-electron chi connectivity index (χ2n) is 5.51. The Balaban J connectivity index is 1.88. The van der Waals surface area contributed by atoms with Gasteiger partial charge in [-0.3, -0.25) is 9.69 Å². The average molecular weight is 343 g/mol. The van der Waals surface area contributed by atoms with E-state index in [4.69, 9.17) is 0 Å². The molecule has 0 spiro atoms. The Labute approximate surface area is 136 Å². The standard InChI is InChI=1S/C15H22FN3O3S/c1-2-17-15(20)11-18-7-9-19(10-8-18)23(21,22)12-13-3-5-14(16)6-4-13/h3-6H,2,7-12H2,1H3,(H,17,20). The van der Waals surface area contributed by atoms with Crippen LogP contribution in [0, 0.1) is 5.82 Å². The molecule has 8 heteroatoms. The molecule has 1 aromatic carbocycles. The molecule has 1 amide bonds. The van der Waals surface area contributed by atoms with Gasteiger partial charge in [0.1, 0.15) is 5.82 Å². The first-order valence-corrected chi connectivity index (χ1v) is 9.23. The second kappa shape index (κ2) is 7.85. The molecule has 0 bridgehead atoms. The number of carbonyl (C=O) groups is 1. The number of rotatable bonds is 6. The first-order chi connectivity index (χ1) is 10.9. The number of hydrogen-bond donors (Lipinski definition) is 1. The van der Waals surface area contributed by atoms with Gasteiger partial charge in [-0.05, 0) is 24.6 Å². The Morgan fingerprint density at radius 2 is 1.78 bits per heavy atom. The summed E-state index contributed by atoms with van der Waals surface area (Å²) in [6.45, 7) is 4.52. The maximum Gasteiger partial charge on any atom is 0.234 e. The summed E-state index contributed by atoms with van der Waals surface area (Å²) in [7, 11) is -3.43. The predicted octanol–water partition coefficient (Wildman–Crippen LogP) is 0.409. The number of likely N-dealkylation sites (N-methyl/N-ethyl adjacent to an activating group) is 1. The molecule has 0 aromatic heterocycles. The Kier molecular flexibility index (Phi) is 6.09. The maximum atomic E-state index is 12.9. The van der Waals surface area contributed by atoms with E-state index in [1.54, 1.807) is 0 Å². The average Bonchev–Trinajstić information content (AvgIpc) is 2.50. The molecule has 0 saturated carbocycles. The third-order valence-electron chi connectivity index (χ3n) is 3.73. The van der Waals surface area contributed by atoms with Crippen molar-refractivity contribution in [1.29, 1.82) is 0 Å². The minimum absolute atomic E-state index is 0.0462. The maximum absolute atomic E-state index is 12.9. The van der Waals surface area contributed by atoms with Crippen LogP contribution < -0.4 is 5.32 Å². The summed E-state index contributed by atoms with van der Waals surface area (Å²) in [6, 6.07) is 5.49. The highest BCUT2D eigenvalue weighted by Gasteiger charge is 2.27. The molecule has 2 rings (SSSR count). The molecule has 0 unspecified atom stereocenters. The van der Waals surface area contributed by atoms with E-state index >= 15 is 0 Å². The van der Waals surface area contributed by atoms with Crippen LogP contribution in [0.4, 0.5) is 4.39 Å². The van der Waals surface area contributed by atoms with Crippen molar-refractivity contribution < 1.29 is 17.6 Å². The van der Waals surface area contributed by atoms with Gasteiger partial charge in [-0.1, -0.05) is 12.1 Å². The molecule has 6 nitrogen and oxygen atoms in total. The van der Waals surface area contributed by atoms with Gasteiger partial charge in [-0.15, -0.1) is 0 Å². The number of hydrogen-bond acceptors (Lipinski definition) is 4. The molecule has 23 heavy (non-hydrogen) atoms. The molecule has 0 radical (unpaired) electrons. The van der Waals surface area contributed by atoms with Gasteiger partial charge in [-0.25, -0.2) is 12.8 Å². The number of amides is 1. The zero-order valence-corrected chi connectivity index (χ0v) is 14.0. The van der Waals surface area contributed by atoms with E-state index in [2.05, 4.69) is 5.32 Å². The first kappa shape index (κ1) is 17.8. The predicted molar refractivity (Wildman–Crippen MR) is 85.7 cm³/mol. The molecule has 0 atom stereocenters. The van der Waals surface area contributed by atoms with Crippen LogP contribution >= 0.6 is 0 Å². The van der Waals surface area contributed by atoms with Crippen LogP contribution in [0.2, 0.25) is 0 Å². The molecule has 1 saturated heterocycles. The van der Waals surface area contributed by atoms with Crippen LogP contribution in [-0.2, 0) is 20.6 Å². The quantitative estimate of drug-likeness (QED) is 0.812. The number of benzene rings is 1. The highest BCUT2D eigenvalue weighted by Crippen LogP contribution is 2.14. The van der Waals surface area contributed by atoms with E-state index in [1.807, 2.05) is 11.8 Å². The number of nitrogens with zero attached hydrogens (tertiary/aromatic N) is 2. The SMILES string of the molecule is CCNC(=O)CN1CCN(S(=O)(=O)Cc2ccc(F)cc2)CC1. The summed E-state index contributed by atoms with van der Waals surface area (Å²) in [5.74, 6) is -0.566. The monoisotopic (exact) mass is 343 g/mol. The van der Waals surface area contributed by atoms with Crippen LogP contribution in [-0.4, -0.2) is 62.8 Å². The van der Waals surface area contributed by atoms with Crippen LogP contribution in [0.3, 0.4) is 0 Å². The van der Waals surface area contributed by atoms with Crippen LogP contribution in [0.15, 0.2) is 24.3 Å². The zero-order valence-electron chi connectivity index (χ0n) is 13.2. The van der Waals surface area contributed by atoms with Crippen molar-refractivity contribution >= 4 is 15.9 Å². The summed E-state index contributed by atoms with van der Waals surface area (Å²) < 4.78 is 39.1. The number of nitrogens with one attached hydrogen (secondary N) is 1. The Hall–Kier alpha value is -1.51. The summed E-state index contributed by atoms with van der Waals surface area (Å²) in [5, 5.41) is 2.73. The van der Waals surface area contributed by atoms with Gasteiger partial charge >= 0.3 is 0 Å². The van der Waals surface area contributed by atoms with Gasteiger partial charge in [0.15, 0.2) is 0 Å². The number of piperazine rings is 1. The van der Waals surface area contributed by atoms with Gasteiger partial charge < -0.3 is 5.32 Å². The van der Waals surface area contributed by atoms with E-state index in [9.17, 15) is 17.6 Å². The lowest BCUT2D eigenvalue weighted by molar-refractivity contribution is -0.122. The van der Waals surface area contributed by atoms with E-state index in [0.29, 0.717) is 44.8 Å². The summed E-state index contributed by atoms with van der Waals surface area (Å²) >= 11 is 0. The van der Waals surface area contributed by atoms with Crippen LogP contribution in [0.25, 0.3) is 0 Å². The lowest BCUT2D eigenvalue weighted by Gasteiger charge is -2.33. The number of carbonyl (C=O) groups excluding carboxylic acids is 1. The molecular formula is C15H22FN3O3S. The summed E-state index contributed by atoms with van der Waals surface area (Å²) in [6.07, 6.45) is 0. The van der Waals surface area contributed by atoms with E-state index in [0.717, 1.165) is 0 Å². The second-order valence-corrected chi connectivity index (χ2v) is 7.48. The Morgan fingerprint density at radius 3 is 2.35 bits per heavy atom. The summed E-state index contributed by atoms with van der Waals surface area (Å²) in [5.41, 5.74) is 0.566. The van der Waals surface area contributed by atoms with Crippen molar-refractivity contribution in [3.63, 3.8) is 0 Å². The molecular weight excluding hydrogens is 321 g/mol. The Morgan fingerprint density at radius 1 is 1.17 bits per heavy atom. The van der Waals surface area contributed by atoms with Gasteiger partial charge in [0.05, 0.1) is 12.3 Å². The van der Waals surface area contributed by atoms with Gasteiger partial charge in [-0.2, -0.15) is 4.31 Å². The Bertz CT molecular complexity index is 626. The smallest absolute Gasteiger partial charge is 0.234 e. The molecule has 1 heterocycles. The first-order valence-electron chi connectivity index (χ1n) is 7.62. The molecule has 1 aliphatic rings. The van der Waals surface area contributed by atoms with Gasteiger partial charge in [0.2, 0.25) is 15.9 Å². The lowest BCUT2D eigenvalue weighted by Crippen LogP contribution is -2.51. The van der Waals surface area contributed by atoms with Gasteiger partial charge in [0.25, 0.3) is 0 Å². The zero-order chi connectivity index (χ0) is 16.9. The van der Waals surface area contributed by atoms with E-state index in [1.165, 1.54) is 28.6 Å². The highest BCUT2D eigenvalue weighted by atomic mass is 32.2. The molecule has 128 valence electrons. The fourth-order valence-electron chi connectivity index (χ4n) is 2.50. The van der Waals surface area contributed by atoms with Crippen LogP contribution in [0.1, 0.15) is 12.5 Å². The summed E-state index contributed by atoms with van der Waals surface area (Å²) in [4.78, 5) is 13.5. The van der Waals surface area contributed by atoms with Crippen molar-refractivity contribution in [3.05, 3.63) is 35.6 Å². The van der Waals surface area contributed by atoms with Crippen molar-refractivity contribution in [2.75, 3.05) is 39.3 Å². The highest BCUT2D eigenvalue weighted by molar-refractivity contribution is 7.88. The fourth-order valence-corrected chi connectivity index (χ4v) is 4.02.